The van der Waals surface area contributed by atoms with Gasteiger partial charge >= 0.3 is 5.97 Å². The van der Waals surface area contributed by atoms with Crippen molar-refractivity contribution in [2.75, 3.05) is 7.05 Å². The highest BCUT2D eigenvalue weighted by atomic mass is 16.4. The molecule has 0 fully saturated rings. The standard InChI is InChI=1S/C15H17NO3/c1-10(15(18)19)16(2)14(17)13-8-7-11-5-3-4-6-12(11)9-13/h3,5,7-10H,4,6H2,1-2H3,(H,18,19). The zero-order valence-corrected chi connectivity index (χ0v) is 11.1. The summed E-state index contributed by atoms with van der Waals surface area (Å²) in [7, 11) is 1.51. The van der Waals surface area contributed by atoms with E-state index < -0.39 is 12.0 Å². The number of carbonyl (C=O) groups excluding carboxylic acids is 1. The monoisotopic (exact) mass is 259 g/mol. The SMILES string of the molecule is CC(C(=O)O)N(C)C(=O)c1ccc2c(c1)CCC=C2. The lowest BCUT2D eigenvalue weighted by Crippen LogP contribution is -2.40. The molecule has 0 aromatic heterocycles. The Morgan fingerprint density at radius 2 is 2.11 bits per heavy atom. The van der Waals surface area contributed by atoms with E-state index in [1.54, 1.807) is 6.07 Å². The fourth-order valence-corrected chi connectivity index (χ4v) is 2.11. The second-order valence-electron chi connectivity index (χ2n) is 4.78. The number of carboxylic acid groups (broad SMARTS) is 1. The van der Waals surface area contributed by atoms with Crippen molar-refractivity contribution in [2.24, 2.45) is 0 Å². The van der Waals surface area contributed by atoms with Crippen LogP contribution in [0.25, 0.3) is 6.08 Å². The van der Waals surface area contributed by atoms with E-state index in [0.29, 0.717) is 5.56 Å². The number of hydrogen-bond donors (Lipinski definition) is 1. The molecule has 1 amide bonds. The molecule has 0 bridgehead atoms. The van der Waals surface area contributed by atoms with Crippen molar-refractivity contribution in [1.29, 1.82) is 0 Å². The van der Waals surface area contributed by atoms with Gasteiger partial charge in [0.1, 0.15) is 6.04 Å². The Morgan fingerprint density at radius 3 is 2.79 bits per heavy atom. The molecule has 4 heteroatoms. The van der Waals surface area contributed by atoms with Gasteiger partial charge in [-0.2, -0.15) is 0 Å². The van der Waals surface area contributed by atoms with Gasteiger partial charge in [0.25, 0.3) is 5.91 Å². The first-order valence-corrected chi connectivity index (χ1v) is 6.30. The number of likely N-dealkylation sites (N-methyl/N-ethyl adjacent to an activating group) is 1. The van der Waals surface area contributed by atoms with Crippen molar-refractivity contribution in [3.8, 4) is 0 Å². The molecule has 1 aromatic carbocycles. The van der Waals surface area contributed by atoms with Crippen molar-refractivity contribution in [2.45, 2.75) is 25.8 Å². The number of carbonyl (C=O) groups is 2. The van der Waals surface area contributed by atoms with Crippen LogP contribution >= 0.6 is 0 Å². The first-order valence-electron chi connectivity index (χ1n) is 6.30. The molecule has 19 heavy (non-hydrogen) atoms. The highest BCUT2D eigenvalue weighted by Gasteiger charge is 2.23. The molecule has 1 aliphatic rings. The van der Waals surface area contributed by atoms with Gasteiger partial charge in [-0.15, -0.1) is 0 Å². The lowest BCUT2D eigenvalue weighted by Gasteiger charge is -2.22. The Labute approximate surface area is 112 Å². The first kappa shape index (κ1) is 13.3. The van der Waals surface area contributed by atoms with E-state index in [-0.39, 0.29) is 5.91 Å². The van der Waals surface area contributed by atoms with Crippen LogP contribution in [0.15, 0.2) is 24.3 Å². The van der Waals surface area contributed by atoms with Crippen molar-refractivity contribution in [3.63, 3.8) is 0 Å². The quantitative estimate of drug-likeness (QED) is 0.905. The van der Waals surface area contributed by atoms with Gasteiger partial charge in [-0.1, -0.05) is 18.2 Å². The van der Waals surface area contributed by atoms with Gasteiger partial charge < -0.3 is 10.0 Å². The van der Waals surface area contributed by atoms with Crippen LogP contribution in [0.1, 0.15) is 34.8 Å². The molecule has 0 saturated carbocycles. The first-order chi connectivity index (χ1) is 9.00. The third-order valence-corrected chi connectivity index (χ3v) is 3.53. The van der Waals surface area contributed by atoms with E-state index in [1.165, 1.54) is 18.9 Å². The minimum Gasteiger partial charge on any atom is -0.480 e. The molecule has 4 nitrogen and oxygen atoms in total. The zero-order valence-electron chi connectivity index (χ0n) is 11.1. The van der Waals surface area contributed by atoms with E-state index in [1.807, 2.05) is 12.1 Å². The molecular formula is C15H17NO3. The Bertz CT molecular complexity index is 548. The van der Waals surface area contributed by atoms with E-state index in [9.17, 15) is 9.59 Å². The van der Waals surface area contributed by atoms with Gasteiger partial charge in [0.05, 0.1) is 0 Å². The number of fused-ring (bicyclic) bond motifs is 1. The number of aliphatic carboxylic acids is 1. The molecule has 100 valence electrons. The molecular weight excluding hydrogens is 242 g/mol. The summed E-state index contributed by atoms with van der Waals surface area (Å²) in [6.45, 7) is 1.50. The molecule has 0 saturated heterocycles. The van der Waals surface area contributed by atoms with Crippen LogP contribution in [-0.2, 0) is 11.2 Å². The predicted molar refractivity (Wildman–Crippen MR) is 73.0 cm³/mol. The van der Waals surface area contributed by atoms with Crippen LogP contribution in [0.4, 0.5) is 0 Å². The molecule has 1 aromatic rings. The fourth-order valence-electron chi connectivity index (χ4n) is 2.11. The number of rotatable bonds is 3. The average molecular weight is 259 g/mol. The molecule has 0 radical (unpaired) electrons. The average Bonchev–Trinajstić information content (AvgIpc) is 2.44. The lowest BCUT2D eigenvalue weighted by atomic mass is 9.95. The Hall–Kier alpha value is -2.10. The Kier molecular flexibility index (Phi) is 3.69. The van der Waals surface area contributed by atoms with Crippen LogP contribution in [0.2, 0.25) is 0 Å². The number of benzene rings is 1. The Morgan fingerprint density at radius 1 is 1.37 bits per heavy atom. The molecule has 1 unspecified atom stereocenters. The van der Waals surface area contributed by atoms with Crippen LogP contribution < -0.4 is 0 Å². The van der Waals surface area contributed by atoms with Gasteiger partial charge in [-0.3, -0.25) is 4.79 Å². The van der Waals surface area contributed by atoms with Crippen LogP contribution in [0.3, 0.4) is 0 Å². The van der Waals surface area contributed by atoms with Crippen molar-refractivity contribution in [1.82, 2.24) is 4.90 Å². The third kappa shape index (κ3) is 2.67. The molecule has 0 spiro atoms. The number of nitrogens with zero attached hydrogens (tertiary/aromatic N) is 1. The van der Waals surface area contributed by atoms with Crippen LogP contribution in [0.5, 0.6) is 0 Å². The summed E-state index contributed by atoms with van der Waals surface area (Å²) in [6, 6.07) is 4.70. The highest BCUT2D eigenvalue weighted by molar-refractivity contribution is 5.96. The topological polar surface area (TPSA) is 57.6 Å². The number of amides is 1. The summed E-state index contributed by atoms with van der Waals surface area (Å²) in [5.41, 5.74) is 2.83. The highest BCUT2D eigenvalue weighted by Crippen LogP contribution is 2.21. The van der Waals surface area contributed by atoms with Gasteiger partial charge in [-0.05, 0) is 43.0 Å². The van der Waals surface area contributed by atoms with E-state index in [4.69, 9.17) is 5.11 Å². The van der Waals surface area contributed by atoms with Gasteiger partial charge in [-0.25, -0.2) is 4.79 Å². The minimum atomic E-state index is -1.00. The molecule has 0 aliphatic heterocycles. The zero-order chi connectivity index (χ0) is 14.0. The van der Waals surface area contributed by atoms with Crippen LogP contribution in [0, 0.1) is 0 Å². The van der Waals surface area contributed by atoms with E-state index >= 15 is 0 Å². The smallest absolute Gasteiger partial charge is 0.326 e. The number of hydrogen-bond acceptors (Lipinski definition) is 2. The van der Waals surface area contributed by atoms with Gasteiger partial charge in [0.2, 0.25) is 0 Å². The molecule has 1 atom stereocenters. The van der Waals surface area contributed by atoms with E-state index in [0.717, 1.165) is 24.0 Å². The number of carboxylic acids is 1. The van der Waals surface area contributed by atoms with Gasteiger partial charge in [0, 0.05) is 12.6 Å². The second-order valence-corrected chi connectivity index (χ2v) is 4.78. The van der Waals surface area contributed by atoms with Crippen molar-refractivity contribution < 1.29 is 14.7 Å². The van der Waals surface area contributed by atoms with Crippen molar-refractivity contribution in [3.05, 3.63) is 41.0 Å². The van der Waals surface area contributed by atoms with Crippen LogP contribution in [-0.4, -0.2) is 35.0 Å². The Balaban J connectivity index is 2.25. The third-order valence-electron chi connectivity index (χ3n) is 3.53. The molecule has 1 aliphatic carbocycles. The maximum absolute atomic E-state index is 12.2. The summed E-state index contributed by atoms with van der Waals surface area (Å²) in [5.74, 6) is -1.26. The second kappa shape index (κ2) is 5.26. The maximum Gasteiger partial charge on any atom is 0.326 e. The largest absolute Gasteiger partial charge is 0.480 e. The summed E-state index contributed by atoms with van der Waals surface area (Å²) >= 11 is 0. The summed E-state index contributed by atoms with van der Waals surface area (Å²) in [4.78, 5) is 24.4. The fraction of sp³-hybridized carbons (Fsp3) is 0.333. The normalized spacial score (nSPS) is 14.6. The molecule has 0 heterocycles. The number of aryl methyl sites for hydroxylation is 1. The lowest BCUT2D eigenvalue weighted by molar-refractivity contribution is -0.141. The summed E-state index contributed by atoms with van der Waals surface area (Å²) in [6.07, 6.45) is 6.07. The van der Waals surface area contributed by atoms with E-state index in [2.05, 4.69) is 12.2 Å². The number of allylic oxidation sites excluding steroid dienone is 1. The summed E-state index contributed by atoms with van der Waals surface area (Å²) in [5, 5.41) is 8.94. The minimum absolute atomic E-state index is 0.257. The molecule has 1 N–H and O–H groups in total. The molecule has 2 rings (SSSR count). The summed E-state index contributed by atoms with van der Waals surface area (Å²) < 4.78 is 0. The maximum atomic E-state index is 12.2. The van der Waals surface area contributed by atoms with Crippen molar-refractivity contribution >= 4 is 18.0 Å². The predicted octanol–water partition coefficient (Wildman–Crippen LogP) is 2.19. The van der Waals surface area contributed by atoms with Gasteiger partial charge in [0.15, 0.2) is 0 Å².